The maximum absolute atomic E-state index is 12.4. The topological polar surface area (TPSA) is 76.7 Å². The summed E-state index contributed by atoms with van der Waals surface area (Å²) in [5, 5.41) is 5.85. The number of nitrogens with one attached hydrogen (secondary N) is 2. The summed E-state index contributed by atoms with van der Waals surface area (Å²) in [4.78, 5) is 24.7. The number of benzene rings is 2. The first-order valence-corrected chi connectivity index (χ1v) is 9.38. The zero-order valence-electron chi connectivity index (χ0n) is 16.5. The first-order chi connectivity index (χ1) is 13.5. The van der Waals surface area contributed by atoms with Crippen LogP contribution in [0.25, 0.3) is 0 Å². The number of methoxy groups -OCH3 is 2. The lowest BCUT2D eigenvalue weighted by Crippen LogP contribution is -2.29. The molecule has 2 atom stereocenters. The van der Waals surface area contributed by atoms with Crippen LogP contribution < -0.4 is 20.1 Å². The highest BCUT2D eigenvalue weighted by atomic mass is 16.5. The predicted molar refractivity (Wildman–Crippen MR) is 108 cm³/mol. The molecule has 1 aliphatic carbocycles. The quantitative estimate of drug-likeness (QED) is 0.736. The van der Waals surface area contributed by atoms with Crippen LogP contribution in [0.15, 0.2) is 42.5 Å². The molecule has 2 aromatic carbocycles. The number of aryl methyl sites for hydroxylation is 1. The van der Waals surface area contributed by atoms with Crippen molar-refractivity contribution in [1.82, 2.24) is 5.32 Å². The molecule has 1 aliphatic rings. The molecule has 0 aliphatic heterocycles. The van der Waals surface area contributed by atoms with Crippen molar-refractivity contribution in [1.29, 1.82) is 0 Å². The molecule has 1 saturated carbocycles. The van der Waals surface area contributed by atoms with Gasteiger partial charge in [-0.15, -0.1) is 0 Å². The van der Waals surface area contributed by atoms with Crippen LogP contribution in [-0.2, 0) is 16.0 Å². The molecular formula is C22H26N2O4. The Kier molecular flexibility index (Phi) is 6.19. The highest BCUT2D eigenvalue weighted by molar-refractivity contribution is 5.99. The molecule has 2 aromatic rings. The van der Waals surface area contributed by atoms with Gasteiger partial charge in [-0.25, -0.2) is 0 Å². The van der Waals surface area contributed by atoms with E-state index in [1.807, 2.05) is 49.4 Å². The molecule has 2 N–H and O–H groups in total. The third kappa shape index (κ3) is 4.63. The summed E-state index contributed by atoms with van der Waals surface area (Å²) in [7, 11) is 3.19. The third-order valence-corrected chi connectivity index (χ3v) is 5.03. The summed E-state index contributed by atoms with van der Waals surface area (Å²) in [5.74, 6) is 0.701. The lowest BCUT2D eigenvalue weighted by atomic mass is 10.1. The number of carbonyl (C=O) groups is 2. The highest BCUT2D eigenvalue weighted by Gasteiger charge is 2.47. The van der Waals surface area contributed by atoms with E-state index >= 15 is 0 Å². The maximum atomic E-state index is 12.4. The predicted octanol–water partition coefficient (Wildman–Crippen LogP) is 2.95. The molecule has 0 radical (unpaired) electrons. The molecule has 0 spiro atoms. The number of hydrogen-bond donors (Lipinski definition) is 2. The molecule has 0 saturated heterocycles. The lowest BCUT2D eigenvalue weighted by molar-refractivity contribution is -0.125. The van der Waals surface area contributed by atoms with Gasteiger partial charge in [-0.2, -0.15) is 0 Å². The number of para-hydroxylation sites is 1. The summed E-state index contributed by atoms with van der Waals surface area (Å²) < 4.78 is 10.5. The zero-order chi connectivity index (χ0) is 20.1. The molecule has 28 heavy (non-hydrogen) atoms. The minimum absolute atomic E-state index is 0.0644. The fourth-order valence-corrected chi connectivity index (χ4v) is 3.21. The summed E-state index contributed by atoms with van der Waals surface area (Å²) in [6.45, 7) is 2.46. The van der Waals surface area contributed by atoms with Gasteiger partial charge in [-0.3, -0.25) is 9.59 Å². The third-order valence-electron chi connectivity index (χ3n) is 5.03. The van der Waals surface area contributed by atoms with Gasteiger partial charge in [0.1, 0.15) is 0 Å². The van der Waals surface area contributed by atoms with Gasteiger partial charge in [0.2, 0.25) is 11.8 Å². The maximum Gasteiger partial charge on any atom is 0.228 e. The monoisotopic (exact) mass is 382 g/mol. The molecule has 0 heterocycles. The van der Waals surface area contributed by atoms with Gasteiger partial charge in [-0.05, 0) is 49.1 Å². The number of carbonyl (C=O) groups excluding carboxylic acids is 2. The molecule has 0 bridgehead atoms. The van der Waals surface area contributed by atoms with Gasteiger partial charge < -0.3 is 20.1 Å². The highest BCUT2D eigenvalue weighted by Crippen LogP contribution is 2.39. The second-order valence-corrected chi connectivity index (χ2v) is 6.98. The van der Waals surface area contributed by atoms with Crippen molar-refractivity contribution >= 4 is 17.5 Å². The van der Waals surface area contributed by atoms with Gasteiger partial charge in [0.05, 0.1) is 26.1 Å². The van der Waals surface area contributed by atoms with Crippen LogP contribution >= 0.6 is 0 Å². The van der Waals surface area contributed by atoms with E-state index in [1.165, 1.54) is 0 Å². The molecule has 2 amide bonds. The minimum Gasteiger partial charge on any atom is -0.493 e. The second kappa shape index (κ2) is 8.78. The van der Waals surface area contributed by atoms with Crippen molar-refractivity contribution in [3.63, 3.8) is 0 Å². The number of anilines is 1. The molecule has 0 aromatic heterocycles. The van der Waals surface area contributed by atoms with Crippen molar-refractivity contribution in [3.8, 4) is 11.5 Å². The van der Waals surface area contributed by atoms with Crippen LogP contribution in [0.1, 0.15) is 17.5 Å². The Morgan fingerprint density at radius 3 is 2.43 bits per heavy atom. The lowest BCUT2D eigenvalue weighted by Gasteiger charge is -2.10. The summed E-state index contributed by atoms with van der Waals surface area (Å²) >= 11 is 0. The Balaban J connectivity index is 1.45. The van der Waals surface area contributed by atoms with Gasteiger partial charge >= 0.3 is 0 Å². The standard InChI is InChI=1S/C22H26N2O4/c1-14-6-4-5-7-18(14)24-22(26)17-13-16(17)21(25)23-11-10-15-8-9-19(27-2)20(12-15)28-3/h4-9,12,16-17H,10-11,13H2,1-3H3,(H,23,25)(H,24,26). The van der Waals surface area contributed by atoms with Crippen molar-refractivity contribution in [3.05, 3.63) is 53.6 Å². The smallest absolute Gasteiger partial charge is 0.228 e. The number of hydrogen-bond acceptors (Lipinski definition) is 4. The van der Waals surface area contributed by atoms with Gasteiger partial charge in [0, 0.05) is 12.2 Å². The Hall–Kier alpha value is -3.02. The van der Waals surface area contributed by atoms with Crippen molar-refractivity contribution < 1.29 is 19.1 Å². The SMILES string of the molecule is COc1ccc(CCNC(=O)C2CC2C(=O)Nc2ccccc2C)cc1OC. The first-order valence-electron chi connectivity index (χ1n) is 9.38. The Labute approximate surface area is 165 Å². The van der Waals surface area contributed by atoms with Gasteiger partial charge in [-0.1, -0.05) is 24.3 Å². The van der Waals surface area contributed by atoms with Crippen LogP contribution in [0.3, 0.4) is 0 Å². The summed E-state index contributed by atoms with van der Waals surface area (Å²) in [5.41, 5.74) is 2.85. The van der Waals surface area contributed by atoms with Crippen molar-refractivity contribution in [2.24, 2.45) is 11.8 Å². The molecule has 6 nitrogen and oxygen atoms in total. The van der Waals surface area contributed by atoms with Crippen LogP contribution in [-0.4, -0.2) is 32.6 Å². The van der Waals surface area contributed by atoms with Crippen LogP contribution in [0.5, 0.6) is 11.5 Å². The van der Waals surface area contributed by atoms with Crippen LogP contribution in [0.2, 0.25) is 0 Å². The average Bonchev–Trinajstić information content (AvgIpc) is 3.50. The molecule has 6 heteroatoms. The molecule has 148 valence electrons. The fourth-order valence-electron chi connectivity index (χ4n) is 3.21. The number of amides is 2. The second-order valence-electron chi connectivity index (χ2n) is 6.98. The van der Waals surface area contributed by atoms with E-state index in [1.54, 1.807) is 14.2 Å². The Morgan fingerprint density at radius 1 is 1.00 bits per heavy atom. The fraction of sp³-hybridized carbons (Fsp3) is 0.364. The summed E-state index contributed by atoms with van der Waals surface area (Å²) in [6.07, 6.45) is 1.28. The molecule has 2 unspecified atom stereocenters. The van der Waals surface area contributed by atoms with Crippen LogP contribution in [0.4, 0.5) is 5.69 Å². The van der Waals surface area contributed by atoms with E-state index in [9.17, 15) is 9.59 Å². The minimum atomic E-state index is -0.249. The molecule has 1 fully saturated rings. The molecule has 3 rings (SSSR count). The average molecular weight is 382 g/mol. The summed E-state index contributed by atoms with van der Waals surface area (Å²) in [6, 6.07) is 13.3. The zero-order valence-corrected chi connectivity index (χ0v) is 16.5. The van der Waals surface area contributed by atoms with E-state index in [-0.39, 0.29) is 23.7 Å². The van der Waals surface area contributed by atoms with E-state index in [4.69, 9.17) is 9.47 Å². The first kappa shape index (κ1) is 19.7. The van der Waals surface area contributed by atoms with Crippen LogP contribution in [0, 0.1) is 18.8 Å². The van der Waals surface area contributed by atoms with Gasteiger partial charge in [0.15, 0.2) is 11.5 Å². The number of ether oxygens (including phenoxy) is 2. The van der Waals surface area contributed by atoms with Crippen molar-refractivity contribution in [2.75, 3.05) is 26.1 Å². The van der Waals surface area contributed by atoms with E-state index in [0.29, 0.717) is 30.9 Å². The number of rotatable bonds is 8. The normalized spacial score (nSPS) is 17.5. The Bertz CT molecular complexity index is 865. The molecular weight excluding hydrogens is 356 g/mol. The van der Waals surface area contributed by atoms with E-state index < -0.39 is 0 Å². The Morgan fingerprint density at radius 2 is 1.71 bits per heavy atom. The van der Waals surface area contributed by atoms with E-state index in [0.717, 1.165) is 16.8 Å². The van der Waals surface area contributed by atoms with E-state index in [2.05, 4.69) is 10.6 Å². The largest absolute Gasteiger partial charge is 0.493 e. The van der Waals surface area contributed by atoms with Gasteiger partial charge in [0.25, 0.3) is 0 Å². The van der Waals surface area contributed by atoms with Crippen molar-refractivity contribution in [2.45, 2.75) is 19.8 Å².